The van der Waals surface area contributed by atoms with Crippen molar-refractivity contribution in [3.05, 3.63) is 101 Å². The zero-order valence-corrected chi connectivity index (χ0v) is 19.6. The Kier molecular flexibility index (Phi) is 7.08. The molecule has 6 heteroatoms. The first kappa shape index (κ1) is 22.3. The highest BCUT2D eigenvalue weighted by atomic mass is 35.5. The third-order valence-electron chi connectivity index (χ3n) is 5.30. The molecule has 4 rings (SSSR count). The molecule has 162 valence electrons. The maximum Gasteiger partial charge on any atom is 0.192 e. The van der Waals surface area contributed by atoms with Crippen LogP contribution in [0.5, 0.6) is 0 Å². The highest BCUT2D eigenvalue weighted by molar-refractivity contribution is 8.00. The molecule has 1 aromatic heterocycles. The maximum atomic E-state index is 13.0. The van der Waals surface area contributed by atoms with Crippen molar-refractivity contribution in [3.8, 4) is 11.4 Å². The predicted octanol–water partition coefficient (Wildman–Crippen LogP) is 6.57. The number of aromatic nitrogens is 3. The lowest BCUT2D eigenvalue weighted by atomic mass is 10.1. The molecule has 4 aromatic rings. The summed E-state index contributed by atoms with van der Waals surface area (Å²) in [6, 6.07) is 25.6. The Labute approximate surface area is 197 Å². The van der Waals surface area contributed by atoms with E-state index in [9.17, 15) is 4.79 Å². The van der Waals surface area contributed by atoms with Gasteiger partial charge in [-0.15, -0.1) is 10.2 Å². The van der Waals surface area contributed by atoms with Gasteiger partial charge in [-0.05, 0) is 48.7 Å². The van der Waals surface area contributed by atoms with E-state index in [4.69, 9.17) is 11.6 Å². The Morgan fingerprint density at radius 1 is 0.938 bits per heavy atom. The summed E-state index contributed by atoms with van der Waals surface area (Å²) in [6.45, 7) is 4.64. The normalized spacial score (nSPS) is 12.0. The number of aryl methyl sites for hydroxylation is 1. The van der Waals surface area contributed by atoms with Gasteiger partial charge >= 0.3 is 0 Å². The van der Waals surface area contributed by atoms with Gasteiger partial charge < -0.3 is 0 Å². The minimum absolute atomic E-state index is 0.0833. The molecule has 1 atom stereocenters. The van der Waals surface area contributed by atoms with Crippen LogP contribution in [0.2, 0.25) is 5.02 Å². The molecule has 1 heterocycles. The molecular weight excluding hydrogens is 438 g/mol. The van der Waals surface area contributed by atoms with Gasteiger partial charge in [0, 0.05) is 16.1 Å². The van der Waals surface area contributed by atoms with Crippen LogP contribution >= 0.6 is 23.4 Å². The van der Waals surface area contributed by atoms with Gasteiger partial charge in [-0.25, -0.2) is 0 Å². The second kappa shape index (κ2) is 10.2. The third-order valence-corrected chi connectivity index (χ3v) is 6.63. The molecule has 0 bridgehead atoms. The molecule has 0 spiro atoms. The number of rotatable bonds is 8. The van der Waals surface area contributed by atoms with Crippen LogP contribution < -0.4 is 0 Å². The lowest BCUT2D eigenvalue weighted by Crippen LogP contribution is -2.15. The highest BCUT2D eigenvalue weighted by Crippen LogP contribution is 2.30. The van der Waals surface area contributed by atoms with Gasteiger partial charge in [0.2, 0.25) is 0 Å². The number of hydrogen-bond donors (Lipinski definition) is 0. The zero-order valence-electron chi connectivity index (χ0n) is 18.0. The number of nitrogens with zero attached hydrogens (tertiary/aromatic N) is 3. The van der Waals surface area contributed by atoms with Crippen LogP contribution in [-0.4, -0.2) is 25.8 Å². The lowest BCUT2D eigenvalue weighted by molar-refractivity contribution is 0.0994. The Bertz CT molecular complexity index is 1190. The Balaban J connectivity index is 1.63. The molecule has 0 radical (unpaired) electrons. The number of halogens is 1. The molecule has 0 saturated heterocycles. The maximum absolute atomic E-state index is 13.0. The van der Waals surface area contributed by atoms with Crippen LogP contribution in [0.3, 0.4) is 0 Å². The van der Waals surface area contributed by atoms with Gasteiger partial charge in [0.15, 0.2) is 16.8 Å². The molecule has 0 aliphatic carbocycles. The zero-order chi connectivity index (χ0) is 22.5. The molecule has 0 saturated carbocycles. The monoisotopic (exact) mass is 461 g/mol. The third kappa shape index (κ3) is 5.12. The van der Waals surface area contributed by atoms with Crippen LogP contribution in [0.1, 0.15) is 35.3 Å². The summed E-state index contributed by atoms with van der Waals surface area (Å²) >= 11 is 7.51. The van der Waals surface area contributed by atoms with Crippen molar-refractivity contribution >= 4 is 29.1 Å². The first-order valence-electron chi connectivity index (χ1n) is 10.6. The van der Waals surface area contributed by atoms with E-state index in [1.165, 1.54) is 17.3 Å². The van der Waals surface area contributed by atoms with E-state index in [1.807, 2.05) is 73.7 Å². The quantitative estimate of drug-likeness (QED) is 0.220. The lowest BCUT2D eigenvalue weighted by Gasteiger charge is -2.14. The van der Waals surface area contributed by atoms with Gasteiger partial charge in [0.25, 0.3) is 0 Å². The van der Waals surface area contributed by atoms with Crippen LogP contribution in [-0.2, 0) is 13.0 Å². The molecule has 0 fully saturated rings. The SMILES string of the molecule is CCc1ccc(C(=O)C(C)Sc2nnc(-c3ccc(Cl)cc3)n2Cc2ccccc2)cc1. The standard InChI is InChI=1S/C26H24ClN3OS/c1-3-19-9-11-21(12-10-19)24(31)18(2)32-26-29-28-25(22-13-15-23(27)16-14-22)30(26)17-20-7-5-4-6-8-20/h4-16,18H,3,17H2,1-2H3. The predicted molar refractivity (Wildman–Crippen MR) is 131 cm³/mol. The summed E-state index contributed by atoms with van der Waals surface area (Å²) < 4.78 is 2.06. The van der Waals surface area contributed by atoms with E-state index in [0.717, 1.165) is 23.4 Å². The summed E-state index contributed by atoms with van der Waals surface area (Å²) in [7, 11) is 0. The molecule has 1 unspecified atom stereocenters. The number of benzene rings is 3. The van der Waals surface area contributed by atoms with E-state index in [1.54, 1.807) is 0 Å². The van der Waals surface area contributed by atoms with Crippen LogP contribution in [0.4, 0.5) is 0 Å². The van der Waals surface area contributed by atoms with E-state index in [2.05, 4.69) is 33.8 Å². The van der Waals surface area contributed by atoms with E-state index < -0.39 is 0 Å². The topological polar surface area (TPSA) is 47.8 Å². The van der Waals surface area contributed by atoms with Crippen molar-refractivity contribution in [3.63, 3.8) is 0 Å². The number of hydrogen-bond acceptors (Lipinski definition) is 4. The molecule has 0 aliphatic heterocycles. The fraction of sp³-hybridized carbons (Fsp3) is 0.192. The van der Waals surface area contributed by atoms with Crippen LogP contribution in [0.25, 0.3) is 11.4 Å². The number of Topliss-reactive ketones (excluding diaryl/α,β-unsaturated/α-hetero) is 1. The van der Waals surface area contributed by atoms with Crippen molar-refractivity contribution < 1.29 is 4.79 Å². The Morgan fingerprint density at radius 3 is 2.28 bits per heavy atom. The number of carbonyl (C=O) groups excluding carboxylic acids is 1. The highest BCUT2D eigenvalue weighted by Gasteiger charge is 2.22. The summed E-state index contributed by atoms with van der Waals surface area (Å²) in [5.74, 6) is 0.833. The first-order valence-corrected chi connectivity index (χ1v) is 11.8. The second-order valence-corrected chi connectivity index (χ2v) is 9.30. The molecule has 0 amide bonds. The first-order chi connectivity index (χ1) is 15.5. The van der Waals surface area contributed by atoms with E-state index in [-0.39, 0.29) is 11.0 Å². The minimum Gasteiger partial charge on any atom is -0.298 e. The fourth-order valence-electron chi connectivity index (χ4n) is 3.45. The molecule has 0 N–H and O–H groups in total. The van der Waals surface area contributed by atoms with Crippen molar-refractivity contribution in [2.24, 2.45) is 0 Å². The van der Waals surface area contributed by atoms with Crippen molar-refractivity contribution in [1.29, 1.82) is 0 Å². The number of thioether (sulfide) groups is 1. The average Bonchev–Trinajstić information content (AvgIpc) is 3.21. The molecule has 4 nitrogen and oxygen atoms in total. The largest absolute Gasteiger partial charge is 0.298 e. The number of ketones is 1. The van der Waals surface area contributed by atoms with Crippen molar-refractivity contribution in [2.75, 3.05) is 0 Å². The van der Waals surface area contributed by atoms with Gasteiger partial charge in [-0.3, -0.25) is 9.36 Å². The van der Waals surface area contributed by atoms with Gasteiger partial charge in [-0.2, -0.15) is 0 Å². The molecule has 32 heavy (non-hydrogen) atoms. The van der Waals surface area contributed by atoms with Gasteiger partial charge in [0.1, 0.15) is 0 Å². The van der Waals surface area contributed by atoms with Gasteiger partial charge in [-0.1, -0.05) is 84.9 Å². The van der Waals surface area contributed by atoms with Crippen LogP contribution in [0.15, 0.2) is 84.0 Å². The fourth-order valence-corrected chi connectivity index (χ4v) is 4.50. The van der Waals surface area contributed by atoms with Crippen molar-refractivity contribution in [1.82, 2.24) is 14.8 Å². The summed E-state index contributed by atoms with van der Waals surface area (Å²) in [5, 5.41) is 10.00. The molecule has 3 aromatic carbocycles. The summed E-state index contributed by atoms with van der Waals surface area (Å²) in [5.41, 5.74) is 4.00. The summed E-state index contributed by atoms with van der Waals surface area (Å²) in [4.78, 5) is 13.0. The van der Waals surface area contributed by atoms with E-state index in [0.29, 0.717) is 22.3 Å². The average molecular weight is 462 g/mol. The Hall–Kier alpha value is -2.89. The van der Waals surface area contributed by atoms with E-state index >= 15 is 0 Å². The smallest absolute Gasteiger partial charge is 0.192 e. The van der Waals surface area contributed by atoms with Gasteiger partial charge in [0.05, 0.1) is 11.8 Å². The summed E-state index contributed by atoms with van der Waals surface area (Å²) in [6.07, 6.45) is 0.953. The molecular formula is C26H24ClN3OS. The Morgan fingerprint density at radius 2 is 1.62 bits per heavy atom. The minimum atomic E-state index is -0.292. The second-order valence-electron chi connectivity index (χ2n) is 7.56. The number of carbonyl (C=O) groups is 1. The van der Waals surface area contributed by atoms with Crippen molar-refractivity contribution in [2.45, 2.75) is 37.2 Å². The molecule has 0 aliphatic rings. The van der Waals surface area contributed by atoms with Crippen LogP contribution in [0, 0.1) is 0 Å².